The van der Waals surface area contributed by atoms with Crippen molar-refractivity contribution < 1.29 is 16.5 Å². The average Bonchev–Trinajstić information content (AvgIpc) is 2.15. The molecule has 0 aromatic rings. The second kappa shape index (κ2) is 16.4. The molecule has 1 nitrogen and oxygen atoms in total. The van der Waals surface area contributed by atoms with Gasteiger partial charge in [0.25, 0.3) is 0 Å². The summed E-state index contributed by atoms with van der Waals surface area (Å²) in [6.07, 6.45) is 28.0. The van der Waals surface area contributed by atoms with Crippen LogP contribution in [0.25, 0.3) is 0 Å². The Morgan fingerprint density at radius 1 is 0.333 bits per heavy atom. The van der Waals surface area contributed by atoms with E-state index in [-0.39, 0.29) is 22.6 Å². The van der Waals surface area contributed by atoms with Gasteiger partial charge in [0.2, 0.25) is 0 Å². The molecule has 0 amide bonds. The molecule has 106 valence electrons. The molecule has 0 aliphatic heterocycles. The molecular formula is C16H27NNi. The SMILES string of the molecule is C1=CCC/C=C\CC1.C1=CCC/C=C\CC1.N.[Ni]. The van der Waals surface area contributed by atoms with Crippen LogP contribution in [0, 0.1) is 0 Å². The second-order valence-electron chi connectivity index (χ2n) is 4.20. The third kappa shape index (κ3) is 13.5. The van der Waals surface area contributed by atoms with Crippen LogP contribution in [0.15, 0.2) is 48.6 Å². The van der Waals surface area contributed by atoms with Gasteiger partial charge in [0.05, 0.1) is 0 Å². The van der Waals surface area contributed by atoms with Crippen LogP contribution in [0.3, 0.4) is 0 Å². The Hall–Kier alpha value is -0.586. The number of rotatable bonds is 0. The first-order valence-corrected chi connectivity index (χ1v) is 6.60. The summed E-state index contributed by atoms with van der Waals surface area (Å²) in [7, 11) is 0. The van der Waals surface area contributed by atoms with Crippen LogP contribution in [0.2, 0.25) is 0 Å². The average molecular weight is 292 g/mol. The van der Waals surface area contributed by atoms with Crippen LogP contribution in [-0.2, 0) is 16.5 Å². The van der Waals surface area contributed by atoms with Gasteiger partial charge in [-0.05, 0) is 51.4 Å². The molecule has 0 atom stereocenters. The van der Waals surface area contributed by atoms with E-state index in [1.165, 1.54) is 51.4 Å². The van der Waals surface area contributed by atoms with Crippen LogP contribution in [0.4, 0.5) is 0 Å². The molecule has 18 heavy (non-hydrogen) atoms. The third-order valence-corrected chi connectivity index (χ3v) is 2.67. The summed E-state index contributed by atoms with van der Waals surface area (Å²) >= 11 is 0. The van der Waals surface area contributed by atoms with E-state index in [2.05, 4.69) is 48.6 Å². The minimum Gasteiger partial charge on any atom is -0.344 e. The van der Waals surface area contributed by atoms with E-state index in [9.17, 15) is 0 Å². The molecule has 0 spiro atoms. The van der Waals surface area contributed by atoms with E-state index >= 15 is 0 Å². The Balaban J connectivity index is 0. The Bertz CT molecular complexity index is 184. The minimum atomic E-state index is 0. The van der Waals surface area contributed by atoms with Gasteiger partial charge in [-0.15, -0.1) is 0 Å². The van der Waals surface area contributed by atoms with Gasteiger partial charge < -0.3 is 6.15 Å². The Labute approximate surface area is 123 Å². The predicted molar refractivity (Wildman–Crippen MR) is 78.5 cm³/mol. The zero-order chi connectivity index (χ0) is 11.3. The molecule has 3 N–H and O–H groups in total. The molecule has 2 heteroatoms. The van der Waals surface area contributed by atoms with Crippen molar-refractivity contribution in [2.75, 3.05) is 0 Å². The van der Waals surface area contributed by atoms with E-state index < -0.39 is 0 Å². The zero-order valence-corrected chi connectivity index (χ0v) is 12.3. The maximum absolute atomic E-state index is 2.27. The van der Waals surface area contributed by atoms with E-state index in [1.807, 2.05) is 0 Å². The molecule has 0 heterocycles. The molecule has 0 aromatic carbocycles. The molecule has 2 aliphatic rings. The van der Waals surface area contributed by atoms with Crippen molar-refractivity contribution in [2.24, 2.45) is 0 Å². The van der Waals surface area contributed by atoms with Crippen LogP contribution in [-0.4, -0.2) is 0 Å². The van der Waals surface area contributed by atoms with Crippen molar-refractivity contribution in [3.8, 4) is 0 Å². The van der Waals surface area contributed by atoms with E-state index in [0.29, 0.717) is 0 Å². The van der Waals surface area contributed by atoms with Crippen LogP contribution in [0.1, 0.15) is 51.4 Å². The number of hydrogen-bond donors (Lipinski definition) is 1. The summed E-state index contributed by atoms with van der Waals surface area (Å²) in [6.45, 7) is 0. The van der Waals surface area contributed by atoms with Gasteiger partial charge in [-0.25, -0.2) is 0 Å². The van der Waals surface area contributed by atoms with Gasteiger partial charge in [-0.3, -0.25) is 0 Å². The van der Waals surface area contributed by atoms with Gasteiger partial charge in [-0.2, -0.15) is 0 Å². The minimum absolute atomic E-state index is 0. The maximum Gasteiger partial charge on any atom is 0 e. The number of allylic oxidation sites excluding steroid dienone is 8. The molecule has 2 aliphatic carbocycles. The van der Waals surface area contributed by atoms with Gasteiger partial charge >= 0.3 is 0 Å². The normalized spacial score (nSPS) is 21.3. The Kier molecular flexibility index (Phi) is 18.0. The molecule has 0 saturated carbocycles. The second-order valence-corrected chi connectivity index (χ2v) is 4.20. The summed E-state index contributed by atoms with van der Waals surface area (Å²) in [5.41, 5.74) is 0. The molecule has 0 unspecified atom stereocenters. The maximum atomic E-state index is 2.27. The van der Waals surface area contributed by atoms with Crippen molar-refractivity contribution in [1.82, 2.24) is 6.15 Å². The predicted octanol–water partition coefficient (Wildman–Crippen LogP) is 5.51. The van der Waals surface area contributed by atoms with Crippen molar-refractivity contribution >= 4 is 0 Å². The third-order valence-electron chi connectivity index (χ3n) is 2.67. The Morgan fingerprint density at radius 3 is 0.556 bits per heavy atom. The molecule has 2 rings (SSSR count). The van der Waals surface area contributed by atoms with Gasteiger partial charge in [0.15, 0.2) is 0 Å². The van der Waals surface area contributed by atoms with Crippen LogP contribution >= 0.6 is 0 Å². The van der Waals surface area contributed by atoms with Gasteiger partial charge in [-0.1, -0.05) is 48.6 Å². The fourth-order valence-electron chi connectivity index (χ4n) is 1.71. The van der Waals surface area contributed by atoms with E-state index in [0.717, 1.165) is 0 Å². The van der Waals surface area contributed by atoms with Crippen molar-refractivity contribution in [3.05, 3.63) is 48.6 Å². The Morgan fingerprint density at radius 2 is 0.444 bits per heavy atom. The molecular weight excluding hydrogens is 265 g/mol. The standard InChI is InChI=1S/2C8H12.H3N.Ni/c2*1-2-4-6-8-7-5-3-1;;/h2*1-2,7-8H,3-6H2;1H3;/b2*2-1-,8-7?;;. The quantitative estimate of drug-likeness (QED) is 0.464. The molecule has 0 fully saturated rings. The summed E-state index contributed by atoms with van der Waals surface area (Å²) in [4.78, 5) is 0. The van der Waals surface area contributed by atoms with Gasteiger partial charge in [0.1, 0.15) is 0 Å². The monoisotopic (exact) mass is 291 g/mol. The van der Waals surface area contributed by atoms with Crippen molar-refractivity contribution in [1.29, 1.82) is 0 Å². The van der Waals surface area contributed by atoms with E-state index in [4.69, 9.17) is 0 Å². The first kappa shape index (κ1) is 19.7. The summed E-state index contributed by atoms with van der Waals surface area (Å²) in [6, 6.07) is 0. The van der Waals surface area contributed by atoms with Crippen molar-refractivity contribution in [2.45, 2.75) is 51.4 Å². The summed E-state index contributed by atoms with van der Waals surface area (Å²) in [5.74, 6) is 0. The number of hydrogen-bond acceptors (Lipinski definition) is 1. The first-order chi connectivity index (χ1) is 8.00. The molecule has 0 aromatic heterocycles. The fraction of sp³-hybridized carbons (Fsp3) is 0.500. The molecule has 0 bridgehead atoms. The largest absolute Gasteiger partial charge is 0.344 e. The smallest absolute Gasteiger partial charge is 0 e. The first-order valence-electron chi connectivity index (χ1n) is 6.60. The van der Waals surface area contributed by atoms with Crippen LogP contribution < -0.4 is 6.15 Å². The summed E-state index contributed by atoms with van der Waals surface area (Å²) in [5, 5.41) is 0. The topological polar surface area (TPSA) is 35.0 Å². The van der Waals surface area contributed by atoms with E-state index in [1.54, 1.807) is 0 Å². The van der Waals surface area contributed by atoms with Crippen LogP contribution in [0.5, 0.6) is 0 Å². The molecule has 0 saturated heterocycles. The zero-order valence-electron chi connectivity index (χ0n) is 11.3. The van der Waals surface area contributed by atoms with Gasteiger partial charge in [0, 0.05) is 16.5 Å². The summed E-state index contributed by atoms with van der Waals surface area (Å²) < 4.78 is 0. The fourth-order valence-corrected chi connectivity index (χ4v) is 1.71. The van der Waals surface area contributed by atoms with Crippen molar-refractivity contribution in [3.63, 3.8) is 0 Å². The molecule has 0 radical (unpaired) electrons.